The SMILES string of the molecule is CC(C)(C)OC(=O)N1CCCC(CCCC(=O)C(=O)O)C1. The second-order valence-electron chi connectivity index (χ2n) is 6.56. The van der Waals surface area contributed by atoms with Crippen LogP contribution in [0.1, 0.15) is 52.9 Å². The Balaban J connectivity index is 2.37. The van der Waals surface area contributed by atoms with Gasteiger partial charge in [-0.1, -0.05) is 0 Å². The normalized spacial score (nSPS) is 19.2. The van der Waals surface area contributed by atoms with Gasteiger partial charge in [-0.05, 0) is 52.4 Å². The fourth-order valence-corrected chi connectivity index (χ4v) is 2.45. The molecule has 21 heavy (non-hydrogen) atoms. The van der Waals surface area contributed by atoms with Crippen LogP contribution in [0.25, 0.3) is 0 Å². The maximum Gasteiger partial charge on any atom is 0.410 e. The topological polar surface area (TPSA) is 83.9 Å². The van der Waals surface area contributed by atoms with Crippen LogP contribution in [0.3, 0.4) is 0 Å². The highest BCUT2D eigenvalue weighted by Crippen LogP contribution is 2.23. The number of Topliss-reactive ketones (excluding diaryl/α,β-unsaturated/α-hetero) is 1. The minimum absolute atomic E-state index is 0.0677. The molecular weight excluding hydrogens is 274 g/mol. The number of nitrogens with zero attached hydrogens (tertiary/aromatic N) is 1. The first-order valence-electron chi connectivity index (χ1n) is 7.43. The lowest BCUT2D eigenvalue weighted by Crippen LogP contribution is -2.42. The number of carboxylic acid groups (broad SMARTS) is 1. The predicted octanol–water partition coefficient (Wildman–Crippen LogP) is 2.46. The average molecular weight is 299 g/mol. The van der Waals surface area contributed by atoms with E-state index in [-0.39, 0.29) is 12.5 Å². The van der Waals surface area contributed by atoms with E-state index in [1.54, 1.807) is 4.90 Å². The Hall–Kier alpha value is -1.59. The van der Waals surface area contributed by atoms with Gasteiger partial charge in [0.2, 0.25) is 5.78 Å². The van der Waals surface area contributed by atoms with Crippen LogP contribution >= 0.6 is 0 Å². The third-order valence-corrected chi connectivity index (χ3v) is 3.43. The predicted molar refractivity (Wildman–Crippen MR) is 77.0 cm³/mol. The number of hydrogen-bond donors (Lipinski definition) is 1. The number of ether oxygens (including phenoxy) is 1. The van der Waals surface area contributed by atoms with E-state index < -0.39 is 17.4 Å². The van der Waals surface area contributed by atoms with Crippen LogP contribution in [0.15, 0.2) is 0 Å². The Kier molecular flexibility index (Phi) is 6.18. The molecule has 0 aromatic heterocycles. The van der Waals surface area contributed by atoms with Crippen molar-refractivity contribution in [1.82, 2.24) is 4.90 Å². The van der Waals surface area contributed by atoms with E-state index in [1.807, 2.05) is 20.8 Å². The van der Waals surface area contributed by atoms with Crippen LogP contribution in [0.2, 0.25) is 0 Å². The first kappa shape index (κ1) is 17.5. The number of carboxylic acids is 1. The summed E-state index contributed by atoms with van der Waals surface area (Å²) < 4.78 is 5.35. The molecule has 0 radical (unpaired) electrons. The second kappa shape index (κ2) is 7.43. The molecule has 0 spiro atoms. The molecule has 0 saturated carbocycles. The van der Waals surface area contributed by atoms with Crippen molar-refractivity contribution in [1.29, 1.82) is 0 Å². The Labute approximate surface area is 125 Å². The summed E-state index contributed by atoms with van der Waals surface area (Å²) in [5.74, 6) is -1.79. The molecule has 0 bridgehead atoms. The first-order valence-corrected chi connectivity index (χ1v) is 7.43. The number of ketones is 1. The van der Waals surface area contributed by atoms with Crippen molar-refractivity contribution in [2.75, 3.05) is 13.1 Å². The number of likely N-dealkylation sites (tertiary alicyclic amines) is 1. The summed E-state index contributed by atoms with van der Waals surface area (Å²) in [7, 11) is 0. The average Bonchev–Trinajstić information content (AvgIpc) is 2.36. The molecule has 1 aliphatic rings. The highest BCUT2D eigenvalue weighted by molar-refractivity contribution is 6.32. The van der Waals surface area contributed by atoms with Gasteiger partial charge in [0.1, 0.15) is 5.60 Å². The smallest absolute Gasteiger partial charge is 0.410 e. The van der Waals surface area contributed by atoms with Gasteiger partial charge < -0.3 is 14.7 Å². The maximum atomic E-state index is 12.0. The zero-order chi connectivity index (χ0) is 16.0. The molecule has 6 nitrogen and oxygen atoms in total. The minimum Gasteiger partial charge on any atom is -0.476 e. The summed E-state index contributed by atoms with van der Waals surface area (Å²) >= 11 is 0. The molecule has 1 N–H and O–H groups in total. The molecule has 1 atom stereocenters. The van der Waals surface area contributed by atoms with Gasteiger partial charge in [0.15, 0.2) is 0 Å². The van der Waals surface area contributed by atoms with Crippen LogP contribution in [-0.4, -0.2) is 46.5 Å². The molecule has 1 fully saturated rings. The van der Waals surface area contributed by atoms with Crippen molar-refractivity contribution in [2.45, 2.75) is 58.5 Å². The maximum absolute atomic E-state index is 12.0. The highest BCUT2D eigenvalue weighted by Gasteiger charge is 2.27. The van der Waals surface area contributed by atoms with Gasteiger partial charge in [-0.3, -0.25) is 4.79 Å². The van der Waals surface area contributed by atoms with E-state index >= 15 is 0 Å². The van der Waals surface area contributed by atoms with Crippen LogP contribution < -0.4 is 0 Å². The molecule has 1 rings (SSSR count). The van der Waals surface area contributed by atoms with Crippen LogP contribution in [0, 0.1) is 5.92 Å². The Morgan fingerprint density at radius 1 is 1.29 bits per heavy atom. The van der Waals surface area contributed by atoms with Crippen LogP contribution in [0.5, 0.6) is 0 Å². The van der Waals surface area contributed by atoms with Crippen LogP contribution in [-0.2, 0) is 14.3 Å². The molecule has 0 aromatic carbocycles. The first-order chi connectivity index (χ1) is 9.69. The molecular formula is C15H25NO5. The number of carbonyl (C=O) groups is 3. The summed E-state index contributed by atoms with van der Waals surface area (Å²) in [5.41, 5.74) is -0.502. The summed E-state index contributed by atoms with van der Waals surface area (Å²) in [6.07, 6.45) is 3.00. The Morgan fingerprint density at radius 2 is 1.95 bits per heavy atom. The number of amides is 1. The molecule has 1 amide bonds. The van der Waals surface area contributed by atoms with Crippen molar-refractivity contribution in [2.24, 2.45) is 5.92 Å². The number of carbonyl (C=O) groups excluding carboxylic acids is 2. The highest BCUT2D eigenvalue weighted by atomic mass is 16.6. The lowest BCUT2D eigenvalue weighted by atomic mass is 9.92. The van der Waals surface area contributed by atoms with Gasteiger partial charge in [-0.25, -0.2) is 9.59 Å². The number of rotatable bonds is 5. The van der Waals surface area contributed by atoms with E-state index in [2.05, 4.69) is 0 Å². The lowest BCUT2D eigenvalue weighted by molar-refractivity contribution is -0.149. The summed E-state index contributed by atoms with van der Waals surface area (Å²) in [6.45, 7) is 6.83. The van der Waals surface area contributed by atoms with Gasteiger partial charge in [-0.15, -0.1) is 0 Å². The second-order valence-corrected chi connectivity index (χ2v) is 6.56. The number of piperidine rings is 1. The van der Waals surface area contributed by atoms with Crippen LogP contribution in [0.4, 0.5) is 4.79 Å². The minimum atomic E-state index is -1.37. The largest absolute Gasteiger partial charge is 0.476 e. The quantitative estimate of drug-likeness (QED) is 0.788. The van der Waals surface area contributed by atoms with E-state index in [4.69, 9.17) is 9.84 Å². The lowest BCUT2D eigenvalue weighted by Gasteiger charge is -2.34. The third kappa shape index (κ3) is 6.60. The zero-order valence-electron chi connectivity index (χ0n) is 13.1. The zero-order valence-corrected chi connectivity index (χ0v) is 13.1. The van der Waals surface area contributed by atoms with Gasteiger partial charge >= 0.3 is 12.1 Å². The van der Waals surface area contributed by atoms with Crippen molar-refractivity contribution in [3.63, 3.8) is 0 Å². The van der Waals surface area contributed by atoms with E-state index in [9.17, 15) is 14.4 Å². The molecule has 1 heterocycles. The standard InChI is InChI=1S/C15H25NO5/c1-15(2,3)21-14(20)16-9-5-7-11(10-16)6-4-8-12(17)13(18)19/h11H,4-10H2,1-3H3,(H,18,19). The molecule has 0 aromatic rings. The fourth-order valence-electron chi connectivity index (χ4n) is 2.45. The van der Waals surface area contributed by atoms with E-state index in [0.29, 0.717) is 25.4 Å². The van der Waals surface area contributed by atoms with Crippen molar-refractivity contribution in [3.05, 3.63) is 0 Å². The van der Waals surface area contributed by atoms with Crippen molar-refractivity contribution in [3.8, 4) is 0 Å². The van der Waals surface area contributed by atoms with Crippen molar-refractivity contribution < 1.29 is 24.2 Å². The molecule has 6 heteroatoms. The molecule has 0 aliphatic carbocycles. The van der Waals surface area contributed by atoms with Gasteiger partial charge in [0.05, 0.1) is 0 Å². The summed E-state index contributed by atoms with van der Waals surface area (Å²) in [6, 6.07) is 0. The van der Waals surface area contributed by atoms with Gasteiger partial charge in [0.25, 0.3) is 0 Å². The molecule has 1 aliphatic heterocycles. The number of hydrogen-bond acceptors (Lipinski definition) is 4. The van der Waals surface area contributed by atoms with E-state index in [0.717, 1.165) is 19.3 Å². The molecule has 1 unspecified atom stereocenters. The third-order valence-electron chi connectivity index (χ3n) is 3.43. The Morgan fingerprint density at radius 3 is 2.52 bits per heavy atom. The van der Waals surface area contributed by atoms with Crippen molar-refractivity contribution >= 4 is 17.8 Å². The molecule has 1 saturated heterocycles. The number of aliphatic carboxylic acids is 1. The summed E-state index contributed by atoms with van der Waals surface area (Å²) in [4.78, 5) is 35.2. The van der Waals surface area contributed by atoms with Gasteiger partial charge in [-0.2, -0.15) is 0 Å². The summed E-state index contributed by atoms with van der Waals surface area (Å²) in [5, 5.41) is 8.52. The van der Waals surface area contributed by atoms with E-state index in [1.165, 1.54) is 0 Å². The van der Waals surface area contributed by atoms with Gasteiger partial charge in [0, 0.05) is 19.5 Å². The fraction of sp³-hybridized carbons (Fsp3) is 0.800. The Bertz CT molecular complexity index is 399. The molecule has 120 valence electrons. The monoisotopic (exact) mass is 299 g/mol.